The van der Waals surface area contributed by atoms with Gasteiger partial charge in [-0.2, -0.15) is 0 Å². The van der Waals surface area contributed by atoms with E-state index in [4.69, 9.17) is 0 Å². The van der Waals surface area contributed by atoms with Crippen molar-refractivity contribution in [1.82, 2.24) is 15.4 Å². The predicted molar refractivity (Wildman–Crippen MR) is 51.9 cm³/mol. The molecule has 2 heterocycles. The number of hydrogen-bond acceptors (Lipinski definition) is 3. The van der Waals surface area contributed by atoms with Gasteiger partial charge in [0.1, 0.15) is 5.82 Å². The van der Waals surface area contributed by atoms with Crippen LogP contribution in [-0.4, -0.2) is 23.6 Å². The summed E-state index contributed by atoms with van der Waals surface area (Å²) in [5.41, 5.74) is 4.07. The van der Waals surface area contributed by atoms with E-state index >= 15 is 0 Å². The average molecular weight is 195 g/mol. The molecule has 1 atom stereocenters. The van der Waals surface area contributed by atoms with Gasteiger partial charge in [-0.15, -0.1) is 0 Å². The Morgan fingerprint density at radius 1 is 1.57 bits per heavy atom. The van der Waals surface area contributed by atoms with Gasteiger partial charge in [0.2, 0.25) is 0 Å². The third-order valence-corrected chi connectivity index (χ3v) is 2.65. The molecule has 0 spiro atoms. The van der Waals surface area contributed by atoms with Crippen molar-refractivity contribution in [2.75, 3.05) is 13.6 Å². The highest BCUT2D eigenvalue weighted by molar-refractivity contribution is 5.16. The molecule has 76 valence electrons. The molecule has 1 aliphatic heterocycles. The first-order valence-corrected chi connectivity index (χ1v) is 4.86. The van der Waals surface area contributed by atoms with Crippen LogP contribution in [0.15, 0.2) is 18.5 Å². The van der Waals surface area contributed by atoms with Crippen LogP contribution >= 0.6 is 0 Å². The highest BCUT2D eigenvalue weighted by Crippen LogP contribution is 2.29. The fourth-order valence-electron chi connectivity index (χ4n) is 1.99. The highest BCUT2D eigenvalue weighted by atomic mass is 19.1. The van der Waals surface area contributed by atoms with Gasteiger partial charge in [0.25, 0.3) is 0 Å². The van der Waals surface area contributed by atoms with Gasteiger partial charge in [0.05, 0.1) is 12.2 Å². The lowest BCUT2D eigenvalue weighted by Gasteiger charge is -2.23. The van der Waals surface area contributed by atoms with Crippen LogP contribution in [0.25, 0.3) is 0 Å². The van der Waals surface area contributed by atoms with Gasteiger partial charge in [-0.05, 0) is 31.5 Å². The van der Waals surface area contributed by atoms with Crippen molar-refractivity contribution in [3.8, 4) is 0 Å². The number of nitrogens with zero attached hydrogens (tertiary/aromatic N) is 2. The molecule has 4 heteroatoms. The van der Waals surface area contributed by atoms with Gasteiger partial charge in [-0.3, -0.25) is 10.4 Å². The van der Waals surface area contributed by atoms with Crippen LogP contribution in [0.2, 0.25) is 0 Å². The zero-order chi connectivity index (χ0) is 9.97. The van der Waals surface area contributed by atoms with E-state index in [-0.39, 0.29) is 11.9 Å². The summed E-state index contributed by atoms with van der Waals surface area (Å²) in [6.45, 7) is 1.01. The Morgan fingerprint density at radius 3 is 3.14 bits per heavy atom. The number of halogens is 1. The van der Waals surface area contributed by atoms with Gasteiger partial charge in [-0.1, -0.05) is 0 Å². The molecule has 1 aromatic rings. The molecule has 0 unspecified atom stereocenters. The van der Waals surface area contributed by atoms with Crippen molar-refractivity contribution in [3.63, 3.8) is 0 Å². The topological polar surface area (TPSA) is 28.2 Å². The summed E-state index contributed by atoms with van der Waals surface area (Å²) in [4.78, 5) is 3.87. The monoisotopic (exact) mass is 195 g/mol. The Bertz CT molecular complexity index is 316. The van der Waals surface area contributed by atoms with Gasteiger partial charge in [-0.25, -0.2) is 9.40 Å². The summed E-state index contributed by atoms with van der Waals surface area (Å²) in [6.07, 6.45) is 5.18. The predicted octanol–water partition coefficient (Wildman–Crippen LogP) is 1.49. The fraction of sp³-hybridized carbons (Fsp3) is 0.500. The van der Waals surface area contributed by atoms with Crippen molar-refractivity contribution in [2.24, 2.45) is 0 Å². The summed E-state index contributed by atoms with van der Waals surface area (Å²) >= 11 is 0. The second kappa shape index (κ2) is 4.02. The first kappa shape index (κ1) is 9.55. The number of hydrogen-bond donors (Lipinski definition) is 1. The van der Waals surface area contributed by atoms with Crippen molar-refractivity contribution in [3.05, 3.63) is 29.8 Å². The van der Waals surface area contributed by atoms with E-state index in [1.807, 2.05) is 7.05 Å². The van der Waals surface area contributed by atoms with Gasteiger partial charge >= 0.3 is 0 Å². The van der Waals surface area contributed by atoms with Crippen LogP contribution in [0.4, 0.5) is 4.39 Å². The summed E-state index contributed by atoms with van der Waals surface area (Å²) in [5.74, 6) is -0.259. The smallest absolute Gasteiger partial charge is 0.141 e. The van der Waals surface area contributed by atoms with Crippen LogP contribution in [-0.2, 0) is 0 Å². The molecule has 2 rings (SSSR count). The zero-order valence-electron chi connectivity index (χ0n) is 8.20. The molecule has 1 aliphatic rings. The number of pyridine rings is 1. The lowest BCUT2D eigenvalue weighted by molar-refractivity contribution is 0.190. The Morgan fingerprint density at radius 2 is 2.43 bits per heavy atom. The number of aromatic nitrogens is 1. The van der Waals surface area contributed by atoms with Crippen LogP contribution in [0.3, 0.4) is 0 Å². The molecule has 1 fully saturated rings. The molecule has 0 radical (unpaired) electrons. The molecule has 0 saturated carbocycles. The Hall–Kier alpha value is -1.00. The molecular formula is C10H14FN3. The molecule has 0 bridgehead atoms. The maximum Gasteiger partial charge on any atom is 0.141 e. The Labute approximate surface area is 82.9 Å². The van der Waals surface area contributed by atoms with Crippen LogP contribution < -0.4 is 5.43 Å². The molecule has 0 amide bonds. The van der Waals surface area contributed by atoms with Crippen LogP contribution in [0.1, 0.15) is 24.4 Å². The third kappa shape index (κ3) is 1.76. The SMILES string of the molecule is CNN1CCC[C@H]1c1cncc(F)c1. The quantitative estimate of drug-likeness (QED) is 0.775. The molecule has 3 nitrogen and oxygen atoms in total. The molecule has 14 heavy (non-hydrogen) atoms. The van der Waals surface area contributed by atoms with Gasteiger partial charge in [0, 0.05) is 12.7 Å². The fourth-order valence-corrected chi connectivity index (χ4v) is 1.99. The van der Waals surface area contributed by atoms with E-state index < -0.39 is 0 Å². The second-order valence-corrected chi connectivity index (χ2v) is 3.51. The summed E-state index contributed by atoms with van der Waals surface area (Å²) in [7, 11) is 1.89. The second-order valence-electron chi connectivity index (χ2n) is 3.51. The van der Waals surface area contributed by atoms with Crippen molar-refractivity contribution < 1.29 is 4.39 Å². The van der Waals surface area contributed by atoms with Crippen molar-refractivity contribution in [2.45, 2.75) is 18.9 Å². The van der Waals surface area contributed by atoms with Gasteiger partial charge in [0.15, 0.2) is 0 Å². The van der Waals surface area contributed by atoms with Gasteiger partial charge < -0.3 is 0 Å². The normalized spacial score (nSPS) is 22.9. The lowest BCUT2D eigenvalue weighted by atomic mass is 10.1. The zero-order valence-corrected chi connectivity index (χ0v) is 8.20. The minimum atomic E-state index is -0.259. The van der Waals surface area contributed by atoms with E-state index in [1.54, 1.807) is 12.3 Å². The van der Waals surface area contributed by atoms with E-state index in [0.717, 1.165) is 24.9 Å². The number of nitrogens with one attached hydrogen (secondary N) is 1. The molecule has 1 aromatic heterocycles. The molecule has 1 saturated heterocycles. The third-order valence-electron chi connectivity index (χ3n) is 2.65. The summed E-state index contributed by atoms with van der Waals surface area (Å²) < 4.78 is 13.0. The minimum absolute atomic E-state index is 0.259. The largest absolute Gasteiger partial charge is 0.261 e. The highest BCUT2D eigenvalue weighted by Gasteiger charge is 2.25. The Kier molecular flexibility index (Phi) is 2.74. The van der Waals surface area contributed by atoms with E-state index in [9.17, 15) is 4.39 Å². The first-order chi connectivity index (χ1) is 6.81. The standard InChI is InChI=1S/C10H14FN3/c1-12-14-4-2-3-10(14)8-5-9(11)7-13-6-8/h5-7,10,12H,2-4H2,1H3/t10-/m0/s1. The summed E-state index contributed by atoms with van der Waals surface area (Å²) in [5, 5.41) is 2.12. The number of hydrazine groups is 1. The van der Waals surface area contributed by atoms with E-state index in [2.05, 4.69) is 15.4 Å². The van der Waals surface area contributed by atoms with Crippen LogP contribution in [0, 0.1) is 5.82 Å². The molecule has 0 aromatic carbocycles. The first-order valence-electron chi connectivity index (χ1n) is 4.86. The summed E-state index contributed by atoms with van der Waals surface area (Å²) in [6, 6.07) is 1.83. The minimum Gasteiger partial charge on any atom is -0.261 e. The maximum absolute atomic E-state index is 13.0. The maximum atomic E-state index is 13.0. The Balaban J connectivity index is 2.21. The average Bonchev–Trinajstić information content (AvgIpc) is 2.65. The van der Waals surface area contributed by atoms with Crippen LogP contribution in [0.5, 0.6) is 0 Å². The van der Waals surface area contributed by atoms with E-state index in [1.165, 1.54) is 6.20 Å². The number of rotatable bonds is 2. The molecule has 0 aliphatic carbocycles. The molecule has 1 N–H and O–H groups in total. The van der Waals surface area contributed by atoms with E-state index in [0.29, 0.717) is 0 Å². The lowest BCUT2D eigenvalue weighted by Crippen LogP contribution is -2.34. The van der Waals surface area contributed by atoms with Crippen molar-refractivity contribution >= 4 is 0 Å². The molecular weight excluding hydrogens is 181 g/mol. The van der Waals surface area contributed by atoms with Crippen molar-refractivity contribution in [1.29, 1.82) is 0 Å².